The number of pyridine rings is 3. The van der Waals surface area contributed by atoms with Crippen LogP contribution in [-0.4, -0.2) is 39.9 Å². The molecule has 0 bridgehead atoms. The fourth-order valence-electron chi connectivity index (χ4n) is 3.26. The zero-order chi connectivity index (χ0) is 20.6. The number of nitrogens with zero attached hydrogens (tertiary/aromatic N) is 3. The third kappa shape index (κ3) is 3.77. The fourth-order valence-corrected chi connectivity index (χ4v) is 3.26. The lowest BCUT2D eigenvalue weighted by Crippen LogP contribution is -2.34. The molecule has 5 N–H and O–H groups in total. The number of nitrogens with two attached hydrogens (primary N) is 2. The minimum Gasteiger partial charge on any atom is -0.440 e. The van der Waals surface area contributed by atoms with Gasteiger partial charge in [0, 0.05) is 29.8 Å². The summed E-state index contributed by atoms with van der Waals surface area (Å²) in [5.74, 6) is 0.681. The van der Waals surface area contributed by atoms with E-state index in [-0.39, 0.29) is 0 Å². The largest absolute Gasteiger partial charge is 0.440 e. The average molecular weight is 394 g/mol. The number of hydrogen-bond donors (Lipinski definition) is 3. The van der Waals surface area contributed by atoms with Crippen LogP contribution in [0.15, 0.2) is 30.7 Å². The lowest BCUT2D eigenvalue weighted by atomic mass is 10.0. The van der Waals surface area contributed by atoms with Crippen LogP contribution in [0.2, 0.25) is 0 Å². The number of anilines is 3. The number of nitrogen functional groups attached to an aromatic ring is 2. The molecule has 1 fully saturated rings. The molecule has 0 spiro atoms. The molecule has 4 rings (SSSR count). The predicted molar refractivity (Wildman–Crippen MR) is 110 cm³/mol. The Labute approximate surface area is 167 Å². The summed E-state index contributed by atoms with van der Waals surface area (Å²) < 4.78 is 10.8. The van der Waals surface area contributed by atoms with Gasteiger partial charge in [-0.3, -0.25) is 10.3 Å². The van der Waals surface area contributed by atoms with Crippen molar-refractivity contribution in [1.29, 1.82) is 0 Å². The Morgan fingerprint density at radius 2 is 2.10 bits per heavy atom. The highest BCUT2D eigenvalue weighted by Gasteiger charge is 2.33. The van der Waals surface area contributed by atoms with Gasteiger partial charge >= 0.3 is 6.09 Å². The van der Waals surface area contributed by atoms with Gasteiger partial charge in [0.2, 0.25) is 0 Å². The zero-order valence-corrected chi connectivity index (χ0v) is 16.2. The van der Waals surface area contributed by atoms with Gasteiger partial charge in [0.25, 0.3) is 0 Å². The van der Waals surface area contributed by atoms with E-state index in [0.717, 1.165) is 16.5 Å². The molecule has 0 aliphatic carbocycles. The highest BCUT2D eigenvalue weighted by atomic mass is 16.6. The van der Waals surface area contributed by atoms with Crippen LogP contribution in [0.4, 0.5) is 22.1 Å². The highest BCUT2D eigenvalue weighted by Crippen LogP contribution is 2.30. The minimum atomic E-state index is -0.625. The molecule has 0 saturated carbocycles. The Bertz CT molecular complexity index is 1100. The molecule has 0 unspecified atom stereocenters. The lowest BCUT2D eigenvalue weighted by Gasteiger charge is -2.22. The van der Waals surface area contributed by atoms with E-state index in [1.54, 1.807) is 24.7 Å². The Balaban J connectivity index is 1.64. The van der Waals surface area contributed by atoms with E-state index in [1.165, 1.54) is 0 Å². The van der Waals surface area contributed by atoms with Crippen molar-refractivity contribution in [1.82, 2.24) is 15.0 Å². The first kappa shape index (κ1) is 18.9. The van der Waals surface area contributed by atoms with Gasteiger partial charge in [-0.1, -0.05) is 0 Å². The standard InChI is InChI=1S/C20H22N6O3/c1-11-13(7-23-9-15(11)21)16-5-12-6-17(24-8-14(12)18(22)25-16)26-19(27)29-20(2)3-4-28-10-20/h5-9H,3-4,10,21H2,1-2H3,(H2,22,25)(H,24,26,27)/t20-/m0/s1. The molecule has 1 atom stereocenters. The smallest absolute Gasteiger partial charge is 0.413 e. The van der Waals surface area contributed by atoms with Gasteiger partial charge in [-0.05, 0) is 36.9 Å². The van der Waals surface area contributed by atoms with E-state index in [0.29, 0.717) is 48.0 Å². The van der Waals surface area contributed by atoms with Gasteiger partial charge in [0.1, 0.15) is 17.2 Å². The van der Waals surface area contributed by atoms with Crippen LogP contribution < -0.4 is 16.8 Å². The molecule has 9 heteroatoms. The molecule has 3 aromatic rings. The molecule has 4 heterocycles. The number of ether oxygens (including phenoxy) is 2. The number of carbonyl (C=O) groups is 1. The first-order valence-electron chi connectivity index (χ1n) is 9.19. The summed E-state index contributed by atoms with van der Waals surface area (Å²) >= 11 is 0. The second-order valence-electron chi connectivity index (χ2n) is 7.35. The number of amides is 1. The molecule has 9 nitrogen and oxygen atoms in total. The van der Waals surface area contributed by atoms with E-state index < -0.39 is 11.7 Å². The summed E-state index contributed by atoms with van der Waals surface area (Å²) in [5, 5.41) is 4.12. The van der Waals surface area contributed by atoms with Crippen LogP contribution in [0.25, 0.3) is 22.0 Å². The fraction of sp³-hybridized carbons (Fsp3) is 0.300. The molecule has 29 heavy (non-hydrogen) atoms. The van der Waals surface area contributed by atoms with Gasteiger partial charge in [-0.15, -0.1) is 0 Å². The van der Waals surface area contributed by atoms with Gasteiger partial charge in [0.05, 0.1) is 30.8 Å². The monoisotopic (exact) mass is 394 g/mol. The molecule has 150 valence electrons. The van der Waals surface area contributed by atoms with Gasteiger partial charge in [-0.25, -0.2) is 14.8 Å². The van der Waals surface area contributed by atoms with Crippen molar-refractivity contribution in [3.05, 3.63) is 36.3 Å². The Morgan fingerprint density at radius 3 is 2.86 bits per heavy atom. The van der Waals surface area contributed by atoms with Crippen molar-refractivity contribution in [2.24, 2.45) is 0 Å². The molecule has 3 aromatic heterocycles. The molecular formula is C20H22N6O3. The van der Waals surface area contributed by atoms with Crippen molar-refractivity contribution in [3.8, 4) is 11.3 Å². The van der Waals surface area contributed by atoms with E-state index in [9.17, 15) is 4.79 Å². The molecule has 1 amide bonds. The lowest BCUT2D eigenvalue weighted by molar-refractivity contribution is 0.0241. The Morgan fingerprint density at radius 1 is 1.28 bits per heavy atom. The summed E-state index contributed by atoms with van der Waals surface area (Å²) in [6.45, 7) is 4.70. The first-order chi connectivity index (χ1) is 13.8. The minimum absolute atomic E-state index is 0.330. The number of aromatic nitrogens is 3. The van der Waals surface area contributed by atoms with Crippen LogP contribution in [0, 0.1) is 6.92 Å². The van der Waals surface area contributed by atoms with E-state index in [4.69, 9.17) is 20.9 Å². The van der Waals surface area contributed by atoms with E-state index >= 15 is 0 Å². The maximum absolute atomic E-state index is 12.3. The van der Waals surface area contributed by atoms with Crippen LogP contribution in [0.3, 0.4) is 0 Å². The van der Waals surface area contributed by atoms with Crippen molar-refractivity contribution < 1.29 is 14.3 Å². The summed E-state index contributed by atoms with van der Waals surface area (Å²) in [6.07, 6.45) is 4.94. The molecule has 0 radical (unpaired) electrons. The summed E-state index contributed by atoms with van der Waals surface area (Å²) in [6, 6.07) is 3.58. The van der Waals surface area contributed by atoms with Crippen LogP contribution in [-0.2, 0) is 9.47 Å². The number of fused-ring (bicyclic) bond motifs is 1. The van der Waals surface area contributed by atoms with E-state index in [1.807, 2.05) is 19.9 Å². The van der Waals surface area contributed by atoms with Crippen LogP contribution >= 0.6 is 0 Å². The maximum Gasteiger partial charge on any atom is 0.413 e. The zero-order valence-electron chi connectivity index (χ0n) is 16.2. The summed E-state index contributed by atoms with van der Waals surface area (Å²) in [7, 11) is 0. The van der Waals surface area contributed by atoms with Crippen molar-refractivity contribution in [3.63, 3.8) is 0 Å². The molecule has 0 aromatic carbocycles. The van der Waals surface area contributed by atoms with Crippen molar-refractivity contribution in [2.45, 2.75) is 25.9 Å². The number of rotatable bonds is 3. The number of carbonyl (C=O) groups excluding carboxylic acids is 1. The van der Waals surface area contributed by atoms with Crippen molar-refractivity contribution in [2.75, 3.05) is 30.0 Å². The first-order valence-corrected chi connectivity index (χ1v) is 9.19. The third-order valence-corrected chi connectivity index (χ3v) is 5.03. The summed E-state index contributed by atoms with van der Waals surface area (Å²) in [4.78, 5) is 25.1. The molecular weight excluding hydrogens is 372 g/mol. The van der Waals surface area contributed by atoms with E-state index in [2.05, 4.69) is 20.3 Å². The second kappa shape index (κ2) is 7.17. The number of hydrogen-bond acceptors (Lipinski definition) is 8. The summed E-state index contributed by atoms with van der Waals surface area (Å²) in [5.41, 5.74) is 14.3. The quantitative estimate of drug-likeness (QED) is 0.616. The highest BCUT2D eigenvalue weighted by molar-refractivity contribution is 5.96. The molecule has 1 aliphatic heterocycles. The molecule has 1 aliphatic rings. The predicted octanol–water partition coefficient (Wildman–Crippen LogP) is 2.89. The Hall–Kier alpha value is -3.46. The second-order valence-corrected chi connectivity index (χ2v) is 7.35. The SMILES string of the molecule is Cc1c(N)cncc1-c1cc2cc(NC(=O)O[C@@]3(C)CCOC3)ncc2c(N)n1. The third-order valence-electron chi connectivity index (χ3n) is 5.03. The van der Waals surface area contributed by atoms with Crippen molar-refractivity contribution >= 4 is 34.2 Å². The van der Waals surface area contributed by atoms with Crippen LogP contribution in [0.5, 0.6) is 0 Å². The average Bonchev–Trinajstić information content (AvgIpc) is 3.09. The normalized spacial score (nSPS) is 18.7. The maximum atomic E-state index is 12.3. The number of nitrogens with one attached hydrogen (secondary N) is 1. The van der Waals surface area contributed by atoms with Gasteiger partial charge in [0.15, 0.2) is 0 Å². The van der Waals surface area contributed by atoms with Gasteiger partial charge < -0.3 is 20.9 Å². The van der Waals surface area contributed by atoms with Gasteiger partial charge in [-0.2, -0.15) is 0 Å². The van der Waals surface area contributed by atoms with Crippen LogP contribution in [0.1, 0.15) is 18.9 Å². The Kier molecular flexibility index (Phi) is 4.67. The molecule has 1 saturated heterocycles. The topological polar surface area (TPSA) is 138 Å².